The standard InChI is InChI=1S/C17H14ClN3O2S/c1-11-6-8-12(9-7-11)16-20-17(24-21-16)19-15(22)10-23-14-5-3-2-4-13(14)18/h2-9H,10H2,1H3,(H,19,20,21,22). The molecule has 7 heteroatoms. The van der Waals surface area contributed by atoms with Gasteiger partial charge in [0.2, 0.25) is 5.13 Å². The van der Waals surface area contributed by atoms with E-state index in [0.717, 1.165) is 17.1 Å². The summed E-state index contributed by atoms with van der Waals surface area (Å²) in [5.74, 6) is 0.732. The quantitative estimate of drug-likeness (QED) is 0.742. The lowest BCUT2D eigenvalue weighted by molar-refractivity contribution is -0.118. The highest BCUT2D eigenvalue weighted by molar-refractivity contribution is 7.10. The Morgan fingerprint density at radius 3 is 2.71 bits per heavy atom. The molecule has 1 aromatic heterocycles. The minimum absolute atomic E-state index is 0.150. The molecule has 0 atom stereocenters. The van der Waals surface area contributed by atoms with Crippen molar-refractivity contribution in [1.29, 1.82) is 0 Å². The first-order valence-corrected chi connectivity index (χ1v) is 8.35. The first-order valence-electron chi connectivity index (χ1n) is 7.20. The fourth-order valence-electron chi connectivity index (χ4n) is 1.95. The minimum atomic E-state index is -0.318. The van der Waals surface area contributed by atoms with E-state index in [2.05, 4.69) is 14.7 Å². The van der Waals surface area contributed by atoms with E-state index in [1.165, 1.54) is 5.56 Å². The van der Waals surface area contributed by atoms with Crippen molar-refractivity contribution in [2.24, 2.45) is 0 Å². The lowest BCUT2D eigenvalue weighted by Crippen LogP contribution is -2.20. The first kappa shape index (κ1) is 16.4. The van der Waals surface area contributed by atoms with Crippen LogP contribution in [0.3, 0.4) is 0 Å². The number of nitrogens with zero attached hydrogens (tertiary/aromatic N) is 2. The van der Waals surface area contributed by atoms with Gasteiger partial charge in [-0.25, -0.2) is 0 Å². The number of hydrogen-bond donors (Lipinski definition) is 1. The molecule has 0 spiro atoms. The van der Waals surface area contributed by atoms with Gasteiger partial charge >= 0.3 is 0 Å². The van der Waals surface area contributed by atoms with Crippen molar-refractivity contribution in [2.45, 2.75) is 6.92 Å². The van der Waals surface area contributed by atoms with Gasteiger partial charge in [0.25, 0.3) is 5.91 Å². The number of nitrogens with one attached hydrogen (secondary N) is 1. The van der Waals surface area contributed by atoms with Crippen molar-refractivity contribution < 1.29 is 9.53 Å². The molecule has 0 saturated heterocycles. The van der Waals surface area contributed by atoms with E-state index < -0.39 is 0 Å². The van der Waals surface area contributed by atoms with Gasteiger partial charge in [0.15, 0.2) is 12.4 Å². The van der Waals surface area contributed by atoms with Crippen LogP contribution in [0.2, 0.25) is 5.02 Å². The highest BCUT2D eigenvalue weighted by Gasteiger charge is 2.11. The Morgan fingerprint density at radius 1 is 1.21 bits per heavy atom. The number of amides is 1. The molecular formula is C17H14ClN3O2S. The number of ether oxygens (including phenoxy) is 1. The van der Waals surface area contributed by atoms with Crippen LogP contribution in [-0.2, 0) is 4.79 Å². The van der Waals surface area contributed by atoms with Crippen LogP contribution in [0, 0.1) is 6.92 Å². The number of halogens is 1. The summed E-state index contributed by atoms with van der Waals surface area (Å²) in [5.41, 5.74) is 2.07. The summed E-state index contributed by atoms with van der Waals surface area (Å²) < 4.78 is 9.64. The molecule has 2 aromatic carbocycles. The highest BCUT2D eigenvalue weighted by Crippen LogP contribution is 2.23. The summed E-state index contributed by atoms with van der Waals surface area (Å²) >= 11 is 7.10. The monoisotopic (exact) mass is 359 g/mol. The molecule has 3 aromatic rings. The fourth-order valence-corrected chi connectivity index (χ4v) is 2.75. The van der Waals surface area contributed by atoms with Crippen molar-refractivity contribution in [2.75, 3.05) is 11.9 Å². The van der Waals surface area contributed by atoms with Gasteiger partial charge in [0.05, 0.1) is 5.02 Å². The second-order valence-electron chi connectivity index (χ2n) is 5.06. The third-order valence-corrected chi connectivity index (χ3v) is 4.12. The van der Waals surface area contributed by atoms with Gasteiger partial charge < -0.3 is 4.74 Å². The Hall–Kier alpha value is -2.44. The molecule has 5 nitrogen and oxygen atoms in total. The maximum Gasteiger partial charge on any atom is 0.264 e. The van der Waals surface area contributed by atoms with E-state index in [1.54, 1.807) is 24.3 Å². The average Bonchev–Trinajstić information content (AvgIpc) is 3.03. The molecule has 0 aliphatic carbocycles. The molecule has 1 amide bonds. The van der Waals surface area contributed by atoms with Crippen LogP contribution < -0.4 is 10.1 Å². The van der Waals surface area contributed by atoms with Crippen LogP contribution in [0.15, 0.2) is 48.5 Å². The smallest absolute Gasteiger partial charge is 0.264 e. The summed E-state index contributed by atoms with van der Waals surface area (Å²) in [6.07, 6.45) is 0. The zero-order chi connectivity index (χ0) is 16.9. The molecule has 1 N–H and O–H groups in total. The summed E-state index contributed by atoms with van der Waals surface area (Å²) in [6, 6.07) is 14.9. The number of hydrogen-bond acceptors (Lipinski definition) is 5. The lowest BCUT2D eigenvalue weighted by Gasteiger charge is -2.06. The minimum Gasteiger partial charge on any atom is -0.482 e. The maximum absolute atomic E-state index is 11.9. The molecule has 24 heavy (non-hydrogen) atoms. The predicted octanol–water partition coefficient (Wildman–Crippen LogP) is 4.18. The SMILES string of the molecule is Cc1ccc(-c2nsc(NC(=O)COc3ccccc3Cl)n2)cc1. The molecule has 3 rings (SSSR count). The normalized spacial score (nSPS) is 10.4. The average molecular weight is 360 g/mol. The van der Waals surface area contributed by atoms with Gasteiger partial charge in [-0.05, 0) is 19.1 Å². The second kappa shape index (κ2) is 7.42. The Labute approximate surface area is 148 Å². The molecule has 0 bridgehead atoms. The molecule has 0 saturated carbocycles. The van der Waals surface area contributed by atoms with E-state index >= 15 is 0 Å². The maximum atomic E-state index is 11.9. The van der Waals surface area contributed by atoms with Gasteiger partial charge in [-0.15, -0.1) is 0 Å². The first-order chi connectivity index (χ1) is 11.6. The summed E-state index contributed by atoms with van der Waals surface area (Å²) in [7, 11) is 0. The number of aromatic nitrogens is 2. The van der Waals surface area contributed by atoms with Gasteiger partial charge in [-0.3, -0.25) is 10.1 Å². The van der Waals surface area contributed by atoms with Crippen molar-refractivity contribution >= 4 is 34.2 Å². The van der Waals surface area contributed by atoms with Crippen LogP contribution in [0.4, 0.5) is 5.13 Å². The van der Waals surface area contributed by atoms with E-state index in [-0.39, 0.29) is 12.5 Å². The van der Waals surface area contributed by atoms with Gasteiger partial charge in [0.1, 0.15) is 5.75 Å². The fraction of sp³-hybridized carbons (Fsp3) is 0.118. The Morgan fingerprint density at radius 2 is 1.96 bits per heavy atom. The molecule has 0 fully saturated rings. The van der Waals surface area contributed by atoms with Crippen LogP contribution in [0.1, 0.15) is 5.56 Å². The zero-order valence-corrected chi connectivity index (χ0v) is 14.4. The number of benzene rings is 2. The third-order valence-electron chi connectivity index (χ3n) is 3.18. The summed E-state index contributed by atoms with van der Waals surface area (Å²) in [6.45, 7) is 1.87. The second-order valence-corrected chi connectivity index (χ2v) is 6.22. The van der Waals surface area contributed by atoms with E-state index in [4.69, 9.17) is 16.3 Å². The molecule has 0 aliphatic rings. The largest absolute Gasteiger partial charge is 0.482 e. The van der Waals surface area contributed by atoms with Crippen molar-refractivity contribution in [3.63, 3.8) is 0 Å². The molecule has 0 radical (unpaired) electrons. The van der Waals surface area contributed by atoms with Crippen LogP contribution in [-0.4, -0.2) is 21.9 Å². The highest BCUT2D eigenvalue weighted by atomic mass is 35.5. The van der Waals surface area contributed by atoms with Crippen molar-refractivity contribution in [3.8, 4) is 17.1 Å². The van der Waals surface area contributed by atoms with Crippen LogP contribution in [0.25, 0.3) is 11.4 Å². The Balaban J connectivity index is 1.59. The molecule has 1 heterocycles. The molecular weight excluding hydrogens is 346 g/mol. The van der Waals surface area contributed by atoms with Crippen molar-refractivity contribution in [1.82, 2.24) is 9.36 Å². The van der Waals surface area contributed by atoms with Gasteiger partial charge in [-0.2, -0.15) is 9.36 Å². The van der Waals surface area contributed by atoms with Gasteiger partial charge in [0, 0.05) is 17.1 Å². The van der Waals surface area contributed by atoms with Crippen LogP contribution >= 0.6 is 23.1 Å². The summed E-state index contributed by atoms with van der Waals surface area (Å²) in [5, 5.41) is 3.56. The molecule has 0 aliphatic heterocycles. The number of carbonyl (C=O) groups excluding carboxylic acids is 1. The summed E-state index contributed by atoms with van der Waals surface area (Å²) in [4.78, 5) is 16.3. The Kier molecular flexibility index (Phi) is 5.08. The Bertz CT molecular complexity index is 849. The van der Waals surface area contributed by atoms with Gasteiger partial charge in [-0.1, -0.05) is 53.6 Å². The number of anilines is 1. The van der Waals surface area contributed by atoms with Crippen molar-refractivity contribution in [3.05, 3.63) is 59.1 Å². The number of aryl methyl sites for hydroxylation is 1. The topological polar surface area (TPSA) is 64.1 Å². The zero-order valence-electron chi connectivity index (χ0n) is 12.8. The number of para-hydroxylation sites is 1. The van der Waals surface area contributed by atoms with E-state index in [0.29, 0.717) is 21.7 Å². The number of carbonyl (C=O) groups is 1. The molecule has 122 valence electrons. The number of rotatable bonds is 5. The van der Waals surface area contributed by atoms with E-state index in [1.807, 2.05) is 31.2 Å². The molecule has 0 unspecified atom stereocenters. The van der Waals surface area contributed by atoms with Crippen LogP contribution in [0.5, 0.6) is 5.75 Å². The lowest BCUT2D eigenvalue weighted by atomic mass is 10.1. The predicted molar refractivity (Wildman–Crippen MR) is 95.7 cm³/mol. The van der Waals surface area contributed by atoms with E-state index in [9.17, 15) is 4.79 Å². The third kappa shape index (κ3) is 4.10.